The molecule has 4 amide bonds. The summed E-state index contributed by atoms with van der Waals surface area (Å²) in [6.45, 7) is 8.70. The van der Waals surface area contributed by atoms with Crippen molar-refractivity contribution in [3.8, 4) is 0 Å². The zero-order valence-electron chi connectivity index (χ0n) is 39.8. The summed E-state index contributed by atoms with van der Waals surface area (Å²) in [5, 5.41) is 48.8. The standard InChI is InChI=1S/C45H86N9O11/c1-51-26-27-52(2)29-31-54(37-43(59)60)33-32-53(30-28-51)36-41(56)47-24-17-14-12-10-8-6-4-3-5-7-9-11-13-15-19-34-65-35-23-40(55)46-25-18-16-20-38(44(61)62)48-45(63)49-39(50-64)21-22-42(57)58/h38-39,50H,3-37H2,1-2H3,(H,46,55)(H,47,56)(H,57,58)(H,59,60)(H,61,62)(H2,48,49,63)/q-1/t38-,39+/m0/s1. The fraction of sp³-hybridized carbons (Fsp3) is 0.867. The van der Waals surface area contributed by atoms with Crippen LogP contribution in [-0.4, -0.2) is 189 Å². The molecule has 378 valence electrons. The van der Waals surface area contributed by atoms with E-state index in [0.29, 0.717) is 65.3 Å². The molecular weight excluding hydrogens is 843 g/mol. The fourth-order valence-corrected chi connectivity index (χ4v) is 7.42. The van der Waals surface area contributed by atoms with Crippen molar-refractivity contribution in [3.05, 3.63) is 5.21 Å². The van der Waals surface area contributed by atoms with E-state index in [-0.39, 0.29) is 44.0 Å². The Morgan fingerprint density at radius 1 is 0.523 bits per heavy atom. The highest BCUT2D eigenvalue weighted by Crippen LogP contribution is 2.14. The molecule has 0 unspecified atom stereocenters. The Bertz CT molecular complexity index is 1300. The zero-order chi connectivity index (χ0) is 47.9. The molecule has 1 saturated heterocycles. The Morgan fingerprint density at radius 3 is 1.49 bits per heavy atom. The van der Waals surface area contributed by atoms with E-state index in [1.54, 1.807) is 0 Å². The summed E-state index contributed by atoms with van der Waals surface area (Å²) in [7, 11) is 4.18. The van der Waals surface area contributed by atoms with Gasteiger partial charge in [-0.2, -0.15) is 0 Å². The quantitative estimate of drug-likeness (QED) is 0.0253. The lowest BCUT2D eigenvalue weighted by Gasteiger charge is -2.31. The van der Waals surface area contributed by atoms with E-state index in [9.17, 15) is 44.2 Å². The first-order valence-corrected chi connectivity index (χ1v) is 24.3. The first kappa shape index (κ1) is 59.4. The van der Waals surface area contributed by atoms with Gasteiger partial charge in [0.1, 0.15) is 6.04 Å². The number of nitrogens with one attached hydrogen (secondary N) is 5. The second kappa shape index (κ2) is 39.5. The summed E-state index contributed by atoms with van der Waals surface area (Å²) in [4.78, 5) is 79.1. The minimum atomic E-state index is -1.25. The molecule has 0 aromatic rings. The molecule has 20 nitrogen and oxygen atoms in total. The Kier molecular flexibility index (Phi) is 36.1. The number of carboxylic acid groups (broad SMARTS) is 3. The number of nitrogens with zero attached hydrogens (tertiary/aromatic N) is 4. The molecule has 20 heteroatoms. The second-order valence-corrected chi connectivity index (χ2v) is 17.5. The molecule has 8 N–H and O–H groups in total. The molecule has 0 saturated carbocycles. The molecule has 0 aliphatic carbocycles. The number of rotatable bonds is 37. The highest BCUT2D eigenvalue weighted by molar-refractivity contribution is 5.82. The molecule has 1 aliphatic heterocycles. The van der Waals surface area contributed by atoms with Crippen LogP contribution in [0.3, 0.4) is 0 Å². The van der Waals surface area contributed by atoms with Crippen molar-refractivity contribution in [1.82, 2.24) is 46.3 Å². The Morgan fingerprint density at radius 2 is 0.985 bits per heavy atom. The number of hydrogen-bond donors (Lipinski definition) is 8. The average Bonchev–Trinajstić information content (AvgIpc) is 3.26. The third-order valence-corrected chi connectivity index (χ3v) is 11.6. The summed E-state index contributed by atoms with van der Waals surface area (Å²) >= 11 is 0. The van der Waals surface area contributed by atoms with Crippen molar-refractivity contribution in [3.63, 3.8) is 0 Å². The molecule has 0 radical (unpaired) electrons. The van der Waals surface area contributed by atoms with Crippen molar-refractivity contribution < 1.29 is 48.8 Å². The van der Waals surface area contributed by atoms with Gasteiger partial charge in [-0.25, -0.2) is 9.59 Å². The predicted molar refractivity (Wildman–Crippen MR) is 250 cm³/mol. The molecule has 2 atom stereocenters. The van der Waals surface area contributed by atoms with Gasteiger partial charge in [-0.15, -0.1) is 0 Å². The smallest absolute Gasteiger partial charge is 0.326 e. The van der Waals surface area contributed by atoms with Crippen molar-refractivity contribution in [2.75, 3.05) is 106 Å². The van der Waals surface area contributed by atoms with Crippen LogP contribution < -0.4 is 26.7 Å². The number of ether oxygens (including phenoxy) is 1. The third kappa shape index (κ3) is 36.2. The normalized spacial score (nSPS) is 15.9. The average molecular weight is 929 g/mol. The fourth-order valence-electron chi connectivity index (χ4n) is 7.42. The number of hydrogen-bond acceptors (Lipinski definition) is 13. The number of hydroxylamine groups is 1. The van der Waals surface area contributed by atoms with Crippen LogP contribution in [0.1, 0.15) is 135 Å². The van der Waals surface area contributed by atoms with Gasteiger partial charge in [-0.3, -0.25) is 29.0 Å². The maximum atomic E-state index is 12.8. The molecule has 1 heterocycles. The van der Waals surface area contributed by atoms with Gasteiger partial charge in [-0.1, -0.05) is 83.5 Å². The molecule has 0 aromatic heterocycles. The van der Waals surface area contributed by atoms with Crippen molar-refractivity contribution in [2.45, 2.75) is 147 Å². The van der Waals surface area contributed by atoms with Crippen molar-refractivity contribution in [2.24, 2.45) is 0 Å². The van der Waals surface area contributed by atoms with E-state index in [4.69, 9.17) is 9.84 Å². The molecular formula is C45H86N9O11-. The van der Waals surface area contributed by atoms with Crippen LogP contribution in [0, 0.1) is 5.21 Å². The monoisotopic (exact) mass is 929 g/mol. The minimum Gasteiger partial charge on any atom is -0.786 e. The Balaban J connectivity index is 1.95. The summed E-state index contributed by atoms with van der Waals surface area (Å²) in [6, 6.07) is -2.10. The summed E-state index contributed by atoms with van der Waals surface area (Å²) < 4.78 is 5.62. The Labute approximate surface area is 388 Å². The van der Waals surface area contributed by atoms with Gasteiger partial charge in [0.25, 0.3) is 0 Å². The van der Waals surface area contributed by atoms with E-state index in [2.05, 4.69) is 50.1 Å². The second-order valence-electron chi connectivity index (χ2n) is 17.5. The van der Waals surface area contributed by atoms with Crippen LogP contribution in [0.4, 0.5) is 4.79 Å². The predicted octanol–water partition coefficient (Wildman–Crippen LogP) is 3.24. The van der Waals surface area contributed by atoms with Gasteiger partial charge >= 0.3 is 23.9 Å². The number of carboxylic acids is 3. The van der Waals surface area contributed by atoms with E-state index >= 15 is 0 Å². The molecule has 1 rings (SSSR count). The van der Waals surface area contributed by atoms with Crippen LogP contribution >= 0.6 is 0 Å². The SMILES string of the molecule is CN1CCN(C)CCN(CC(=O)NCCCCCCCCCCCCCCCCCOCCC(=O)NCCCC[C@H](NC(=O)N[C@@H](CCC(=O)O)N[O-])C(=O)O)CCN(CC(=O)O)CC1. The lowest BCUT2D eigenvalue weighted by molar-refractivity contribution is -0.140. The van der Waals surface area contributed by atoms with Crippen molar-refractivity contribution >= 4 is 35.8 Å². The summed E-state index contributed by atoms with van der Waals surface area (Å²) in [5.41, 5.74) is 1.53. The van der Waals surface area contributed by atoms with Gasteiger partial charge in [0.15, 0.2) is 0 Å². The molecule has 1 aliphatic rings. The highest BCUT2D eigenvalue weighted by Gasteiger charge is 2.21. The maximum Gasteiger partial charge on any atom is 0.326 e. The summed E-state index contributed by atoms with van der Waals surface area (Å²) in [6.07, 6.45) is 17.6. The van der Waals surface area contributed by atoms with Gasteiger partial charge in [0.05, 0.1) is 25.9 Å². The zero-order valence-corrected chi connectivity index (χ0v) is 39.8. The third-order valence-electron chi connectivity index (χ3n) is 11.6. The number of unbranched alkanes of at least 4 members (excludes halogenated alkanes) is 15. The van der Waals surface area contributed by atoms with Crippen LogP contribution in [0.25, 0.3) is 0 Å². The maximum absolute atomic E-state index is 12.8. The first-order chi connectivity index (χ1) is 31.3. The van der Waals surface area contributed by atoms with Gasteiger partial charge < -0.3 is 61.8 Å². The lowest BCUT2D eigenvalue weighted by Crippen LogP contribution is -2.52. The number of aliphatic carboxylic acids is 3. The van der Waals surface area contributed by atoms with Gasteiger partial charge in [0, 0.05) is 84.9 Å². The molecule has 65 heavy (non-hydrogen) atoms. The van der Waals surface area contributed by atoms with E-state index in [1.807, 2.05) is 4.90 Å². The van der Waals surface area contributed by atoms with Crippen LogP contribution in [0.2, 0.25) is 0 Å². The van der Waals surface area contributed by atoms with E-state index in [1.165, 1.54) is 76.1 Å². The number of carbonyl (C=O) groups excluding carboxylic acids is 3. The highest BCUT2D eigenvalue weighted by atomic mass is 16.5. The van der Waals surface area contributed by atoms with Crippen LogP contribution in [-0.2, 0) is 28.7 Å². The van der Waals surface area contributed by atoms with Crippen LogP contribution in [0.5, 0.6) is 0 Å². The molecule has 1 fully saturated rings. The van der Waals surface area contributed by atoms with Gasteiger partial charge in [0.2, 0.25) is 11.8 Å². The molecule has 0 aromatic carbocycles. The first-order valence-electron chi connectivity index (χ1n) is 24.3. The molecule has 0 spiro atoms. The van der Waals surface area contributed by atoms with E-state index < -0.39 is 36.1 Å². The van der Waals surface area contributed by atoms with Crippen LogP contribution in [0.15, 0.2) is 0 Å². The van der Waals surface area contributed by atoms with Crippen molar-refractivity contribution in [1.29, 1.82) is 0 Å². The minimum absolute atomic E-state index is 0.0170. The number of urea groups is 1. The summed E-state index contributed by atoms with van der Waals surface area (Å²) in [5.74, 6) is -3.30. The largest absolute Gasteiger partial charge is 0.786 e. The number of amides is 4. The number of carbonyl (C=O) groups is 6. The van der Waals surface area contributed by atoms with E-state index in [0.717, 1.165) is 58.4 Å². The molecule has 0 bridgehead atoms. The number of likely N-dealkylation sites (N-methyl/N-ethyl adjacent to an activating group) is 2. The van der Waals surface area contributed by atoms with Gasteiger partial charge in [-0.05, 0) is 52.6 Å². The lowest BCUT2D eigenvalue weighted by atomic mass is 10.0. The topological polar surface area (TPSA) is 269 Å². The Hall–Kier alpha value is -3.66.